The van der Waals surface area contributed by atoms with Crippen LogP contribution in [0.5, 0.6) is 0 Å². The fourth-order valence-corrected chi connectivity index (χ4v) is 2.45. The number of hydrogen-bond donors (Lipinski definition) is 2. The molecule has 1 aromatic heterocycles. The molecule has 104 valence electrons. The number of nitrogens with zero attached hydrogens (tertiary/aromatic N) is 2. The van der Waals surface area contributed by atoms with Crippen LogP contribution >= 0.6 is 0 Å². The van der Waals surface area contributed by atoms with Crippen molar-refractivity contribution >= 4 is 11.6 Å². The van der Waals surface area contributed by atoms with E-state index < -0.39 is 0 Å². The Morgan fingerprint density at radius 3 is 3.11 bits per heavy atom. The maximum absolute atomic E-state index is 12.5. The molecular formula is C14H21N3O2. The van der Waals surface area contributed by atoms with Crippen molar-refractivity contribution in [1.29, 1.82) is 0 Å². The lowest BCUT2D eigenvalue weighted by Crippen LogP contribution is -2.31. The third kappa shape index (κ3) is 3.04. The Bertz CT molecular complexity index is 448. The molecule has 5 heteroatoms. The number of nitrogens with one attached hydrogen (secondary N) is 1. The standard InChI is InChI=1S/C14H21N3O2/c1-3-16-13-4-6-15-8-12(13)14(19)17-7-5-11(9-17)10(2)18/h4,6,8,10-11,18H,3,5,7,9H2,1-2H3,(H,15,16). The second-order valence-electron chi connectivity index (χ2n) is 4.99. The predicted molar refractivity (Wildman–Crippen MR) is 74.1 cm³/mol. The minimum Gasteiger partial charge on any atom is -0.393 e. The van der Waals surface area contributed by atoms with Crippen molar-refractivity contribution in [3.8, 4) is 0 Å². The van der Waals surface area contributed by atoms with Crippen molar-refractivity contribution in [2.24, 2.45) is 5.92 Å². The molecule has 1 aliphatic heterocycles. The molecule has 1 aromatic rings. The summed E-state index contributed by atoms with van der Waals surface area (Å²) in [5.74, 6) is 0.176. The molecule has 2 rings (SSSR count). The van der Waals surface area contributed by atoms with Crippen LogP contribution in [0.1, 0.15) is 30.6 Å². The molecule has 2 atom stereocenters. The lowest BCUT2D eigenvalue weighted by Gasteiger charge is -2.19. The van der Waals surface area contributed by atoms with Crippen LogP contribution in [-0.2, 0) is 0 Å². The fourth-order valence-electron chi connectivity index (χ4n) is 2.45. The van der Waals surface area contributed by atoms with Crippen molar-refractivity contribution in [2.75, 3.05) is 25.0 Å². The van der Waals surface area contributed by atoms with E-state index in [0.717, 1.165) is 18.7 Å². The van der Waals surface area contributed by atoms with Crippen molar-refractivity contribution in [2.45, 2.75) is 26.4 Å². The number of pyridine rings is 1. The summed E-state index contributed by atoms with van der Waals surface area (Å²) in [5.41, 5.74) is 1.43. The van der Waals surface area contributed by atoms with Gasteiger partial charge in [0.1, 0.15) is 0 Å². The summed E-state index contributed by atoms with van der Waals surface area (Å²) in [6, 6.07) is 1.82. The zero-order valence-corrected chi connectivity index (χ0v) is 11.5. The molecule has 0 bridgehead atoms. The second-order valence-corrected chi connectivity index (χ2v) is 4.99. The van der Waals surface area contributed by atoms with Crippen molar-refractivity contribution in [3.63, 3.8) is 0 Å². The van der Waals surface area contributed by atoms with E-state index in [1.54, 1.807) is 24.2 Å². The molecule has 2 N–H and O–H groups in total. The Kier molecular flexibility index (Phi) is 4.37. The summed E-state index contributed by atoms with van der Waals surface area (Å²) in [5, 5.41) is 12.8. The zero-order valence-electron chi connectivity index (χ0n) is 11.5. The van der Waals surface area contributed by atoms with Gasteiger partial charge in [0.2, 0.25) is 0 Å². The highest BCUT2D eigenvalue weighted by molar-refractivity contribution is 5.99. The Morgan fingerprint density at radius 2 is 2.47 bits per heavy atom. The minimum atomic E-state index is -0.361. The number of amides is 1. The van der Waals surface area contributed by atoms with E-state index in [0.29, 0.717) is 18.7 Å². The van der Waals surface area contributed by atoms with Crippen LogP contribution in [0.25, 0.3) is 0 Å². The minimum absolute atomic E-state index is 0.00722. The van der Waals surface area contributed by atoms with E-state index in [1.165, 1.54) is 0 Å². The first kappa shape index (κ1) is 13.8. The summed E-state index contributed by atoms with van der Waals surface area (Å²) in [7, 11) is 0. The van der Waals surface area contributed by atoms with Gasteiger partial charge in [0.15, 0.2) is 0 Å². The third-order valence-electron chi connectivity index (χ3n) is 3.61. The van der Waals surface area contributed by atoms with Gasteiger partial charge in [0.05, 0.1) is 17.4 Å². The Balaban J connectivity index is 2.12. The lowest BCUT2D eigenvalue weighted by molar-refractivity contribution is 0.0763. The highest BCUT2D eigenvalue weighted by Crippen LogP contribution is 2.23. The van der Waals surface area contributed by atoms with Crippen LogP contribution in [0.4, 0.5) is 5.69 Å². The summed E-state index contributed by atoms with van der Waals surface area (Å²) < 4.78 is 0. The number of carbonyl (C=O) groups is 1. The Hall–Kier alpha value is -1.62. The van der Waals surface area contributed by atoms with Crippen molar-refractivity contribution in [3.05, 3.63) is 24.0 Å². The number of rotatable bonds is 4. The van der Waals surface area contributed by atoms with E-state index in [2.05, 4.69) is 10.3 Å². The summed E-state index contributed by atoms with van der Waals surface area (Å²) in [6.07, 6.45) is 3.79. The molecule has 5 nitrogen and oxygen atoms in total. The van der Waals surface area contributed by atoms with Crippen molar-refractivity contribution < 1.29 is 9.90 Å². The van der Waals surface area contributed by atoms with Gasteiger partial charge in [0, 0.05) is 37.9 Å². The molecule has 0 spiro atoms. The second kappa shape index (κ2) is 6.02. The Labute approximate surface area is 113 Å². The SMILES string of the molecule is CCNc1ccncc1C(=O)N1CCC(C(C)O)C1. The zero-order chi connectivity index (χ0) is 13.8. The average Bonchev–Trinajstić information content (AvgIpc) is 2.89. The van der Waals surface area contributed by atoms with E-state index in [1.807, 2.05) is 13.0 Å². The molecule has 1 fully saturated rings. The normalized spacial score (nSPS) is 20.4. The highest BCUT2D eigenvalue weighted by atomic mass is 16.3. The molecule has 0 aliphatic carbocycles. The number of aromatic nitrogens is 1. The molecule has 0 saturated carbocycles. The van der Waals surface area contributed by atoms with Gasteiger partial charge in [0.25, 0.3) is 5.91 Å². The molecule has 1 amide bonds. The monoisotopic (exact) mass is 263 g/mol. The molecule has 2 unspecified atom stereocenters. The van der Waals surface area contributed by atoms with Gasteiger partial charge >= 0.3 is 0 Å². The maximum atomic E-state index is 12.5. The molecule has 19 heavy (non-hydrogen) atoms. The highest BCUT2D eigenvalue weighted by Gasteiger charge is 2.30. The van der Waals surface area contributed by atoms with Crippen LogP contribution in [0.3, 0.4) is 0 Å². The van der Waals surface area contributed by atoms with Crippen LogP contribution in [-0.4, -0.2) is 46.6 Å². The number of aliphatic hydroxyl groups is 1. The first-order valence-corrected chi connectivity index (χ1v) is 6.78. The molecule has 2 heterocycles. The number of aliphatic hydroxyl groups excluding tert-OH is 1. The molecule has 1 saturated heterocycles. The van der Waals surface area contributed by atoms with Crippen LogP contribution in [0.15, 0.2) is 18.5 Å². The molecule has 0 aromatic carbocycles. The largest absolute Gasteiger partial charge is 0.393 e. The van der Waals surface area contributed by atoms with E-state index in [-0.39, 0.29) is 17.9 Å². The van der Waals surface area contributed by atoms with Gasteiger partial charge in [-0.05, 0) is 26.3 Å². The molecule has 1 aliphatic rings. The number of carbonyl (C=O) groups excluding carboxylic acids is 1. The van der Waals surface area contributed by atoms with Gasteiger partial charge in [-0.25, -0.2) is 0 Å². The summed E-state index contributed by atoms with van der Waals surface area (Å²) >= 11 is 0. The molecular weight excluding hydrogens is 242 g/mol. The van der Waals surface area contributed by atoms with Gasteiger partial charge in [-0.2, -0.15) is 0 Å². The van der Waals surface area contributed by atoms with E-state index >= 15 is 0 Å². The predicted octanol–water partition coefficient (Wildman–Crippen LogP) is 1.36. The first-order chi connectivity index (χ1) is 9.13. The lowest BCUT2D eigenvalue weighted by atomic mass is 10.0. The summed E-state index contributed by atoms with van der Waals surface area (Å²) in [6.45, 7) is 5.87. The third-order valence-corrected chi connectivity index (χ3v) is 3.61. The molecule has 0 radical (unpaired) electrons. The fraction of sp³-hybridized carbons (Fsp3) is 0.571. The summed E-state index contributed by atoms with van der Waals surface area (Å²) in [4.78, 5) is 18.3. The van der Waals surface area contributed by atoms with Gasteiger partial charge in [-0.3, -0.25) is 9.78 Å². The maximum Gasteiger partial charge on any atom is 0.257 e. The van der Waals surface area contributed by atoms with E-state index in [4.69, 9.17) is 0 Å². The number of anilines is 1. The van der Waals surface area contributed by atoms with Crippen LogP contribution in [0.2, 0.25) is 0 Å². The smallest absolute Gasteiger partial charge is 0.257 e. The Morgan fingerprint density at radius 1 is 1.68 bits per heavy atom. The van der Waals surface area contributed by atoms with Crippen LogP contribution < -0.4 is 5.32 Å². The number of likely N-dealkylation sites (tertiary alicyclic amines) is 1. The average molecular weight is 263 g/mol. The van der Waals surface area contributed by atoms with Crippen molar-refractivity contribution in [1.82, 2.24) is 9.88 Å². The first-order valence-electron chi connectivity index (χ1n) is 6.78. The topological polar surface area (TPSA) is 65.5 Å². The van der Waals surface area contributed by atoms with Crippen LogP contribution in [0, 0.1) is 5.92 Å². The number of hydrogen-bond acceptors (Lipinski definition) is 4. The van der Waals surface area contributed by atoms with Gasteiger partial charge in [-0.1, -0.05) is 0 Å². The van der Waals surface area contributed by atoms with Gasteiger partial charge < -0.3 is 15.3 Å². The van der Waals surface area contributed by atoms with Gasteiger partial charge in [-0.15, -0.1) is 0 Å². The quantitative estimate of drug-likeness (QED) is 0.860. The van der Waals surface area contributed by atoms with E-state index in [9.17, 15) is 9.90 Å².